The van der Waals surface area contributed by atoms with Crippen molar-refractivity contribution in [3.63, 3.8) is 0 Å². The molecule has 0 aliphatic rings. The summed E-state index contributed by atoms with van der Waals surface area (Å²) in [5, 5.41) is 9.90. The molecule has 5 nitrogen and oxygen atoms in total. The average molecular weight is 265 g/mol. The molecule has 0 aromatic carbocycles. The minimum atomic E-state index is -0.933. The molecule has 18 heavy (non-hydrogen) atoms. The van der Waals surface area contributed by atoms with Crippen LogP contribution in [0.2, 0.25) is 0 Å². The number of aromatic nitrogens is 3. The number of hydrogen-bond donors (Lipinski definition) is 1. The van der Waals surface area contributed by atoms with Gasteiger partial charge < -0.3 is 9.67 Å². The third kappa shape index (κ3) is 2.15. The van der Waals surface area contributed by atoms with E-state index < -0.39 is 5.97 Å². The SMILES string of the molecule is Cn1ccnc1-c1nc(C(C)(C)C)c(C(=O)O)s1. The quantitative estimate of drug-likeness (QED) is 0.906. The van der Waals surface area contributed by atoms with Crippen molar-refractivity contribution in [2.24, 2.45) is 7.05 Å². The Morgan fingerprint density at radius 3 is 2.50 bits per heavy atom. The normalized spacial score (nSPS) is 11.8. The number of aromatic carboxylic acids is 1. The Morgan fingerprint density at radius 2 is 2.11 bits per heavy atom. The summed E-state index contributed by atoms with van der Waals surface area (Å²) >= 11 is 1.17. The number of aryl methyl sites for hydroxylation is 1. The van der Waals surface area contributed by atoms with Crippen molar-refractivity contribution in [1.29, 1.82) is 0 Å². The molecule has 0 saturated heterocycles. The van der Waals surface area contributed by atoms with E-state index in [0.717, 1.165) is 0 Å². The molecule has 2 aromatic heterocycles. The molecular formula is C12H15N3O2S. The van der Waals surface area contributed by atoms with Crippen molar-refractivity contribution in [1.82, 2.24) is 14.5 Å². The van der Waals surface area contributed by atoms with Gasteiger partial charge in [-0.05, 0) is 0 Å². The number of thiazole rings is 1. The predicted octanol–water partition coefficient (Wildman–Crippen LogP) is 2.54. The number of imidazole rings is 1. The maximum Gasteiger partial charge on any atom is 0.347 e. The monoisotopic (exact) mass is 265 g/mol. The minimum Gasteiger partial charge on any atom is -0.477 e. The lowest BCUT2D eigenvalue weighted by atomic mass is 9.91. The molecular weight excluding hydrogens is 250 g/mol. The number of carbonyl (C=O) groups is 1. The summed E-state index contributed by atoms with van der Waals surface area (Å²) in [6.07, 6.45) is 3.49. The molecule has 2 aromatic rings. The highest BCUT2D eigenvalue weighted by Gasteiger charge is 2.28. The molecule has 6 heteroatoms. The van der Waals surface area contributed by atoms with E-state index in [4.69, 9.17) is 0 Å². The largest absolute Gasteiger partial charge is 0.477 e. The Kier molecular flexibility index (Phi) is 2.98. The average Bonchev–Trinajstić information content (AvgIpc) is 2.81. The molecule has 2 heterocycles. The van der Waals surface area contributed by atoms with E-state index in [0.29, 0.717) is 21.4 Å². The standard InChI is InChI=1S/C12H15N3O2S/c1-12(2,3)8-7(11(16)17)18-10(14-8)9-13-5-6-15(9)4/h5-6H,1-4H3,(H,16,17). The Hall–Kier alpha value is -1.69. The minimum absolute atomic E-state index is 0.292. The van der Waals surface area contributed by atoms with Gasteiger partial charge in [0.15, 0.2) is 10.8 Å². The molecule has 0 fully saturated rings. The van der Waals surface area contributed by atoms with E-state index in [1.807, 2.05) is 38.6 Å². The topological polar surface area (TPSA) is 68.0 Å². The Balaban J connectivity index is 2.60. The fourth-order valence-corrected chi connectivity index (χ4v) is 2.79. The molecule has 2 rings (SSSR count). The van der Waals surface area contributed by atoms with Gasteiger partial charge in [0.2, 0.25) is 0 Å². The van der Waals surface area contributed by atoms with E-state index in [-0.39, 0.29) is 5.41 Å². The molecule has 0 aliphatic carbocycles. The summed E-state index contributed by atoms with van der Waals surface area (Å²) < 4.78 is 1.83. The van der Waals surface area contributed by atoms with Crippen molar-refractivity contribution in [2.45, 2.75) is 26.2 Å². The highest BCUT2D eigenvalue weighted by atomic mass is 32.1. The van der Waals surface area contributed by atoms with Crippen LogP contribution in [-0.2, 0) is 12.5 Å². The highest BCUT2D eigenvalue weighted by molar-refractivity contribution is 7.16. The molecule has 0 saturated carbocycles. The van der Waals surface area contributed by atoms with Crippen LogP contribution in [-0.4, -0.2) is 25.6 Å². The molecule has 0 unspecified atom stereocenters. The Labute approximate surface area is 109 Å². The van der Waals surface area contributed by atoms with Crippen molar-refractivity contribution < 1.29 is 9.90 Å². The van der Waals surface area contributed by atoms with Gasteiger partial charge in [-0.25, -0.2) is 14.8 Å². The number of hydrogen-bond acceptors (Lipinski definition) is 4. The van der Waals surface area contributed by atoms with Gasteiger partial charge in [0, 0.05) is 24.9 Å². The number of carboxylic acid groups (broad SMARTS) is 1. The maximum absolute atomic E-state index is 11.3. The molecule has 0 bridgehead atoms. The first-order chi connectivity index (χ1) is 8.30. The molecule has 0 radical (unpaired) electrons. The Morgan fingerprint density at radius 1 is 1.44 bits per heavy atom. The molecule has 0 aliphatic heterocycles. The number of nitrogens with zero attached hydrogens (tertiary/aromatic N) is 3. The fourth-order valence-electron chi connectivity index (χ4n) is 1.64. The summed E-state index contributed by atoms with van der Waals surface area (Å²) in [7, 11) is 1.86. The zero-order valence-corrected chi connectivity index (χ0v) is 11.6. The van der Waals surface area contributed by atoms with Crippen LogP contribution in [0, 0.1) is 0 Å². The summed E-state index contributed by atoms with van der Waals surface area (Å²) in [5.41, 5.74) is 0.311. The molecule has 0 atom stereocenters. The fraction of sp³-hybridized carbons (Fsp3) is 0.417. The van der Waals surface area contributed by atoms with Gasteiger partial charge >= 0.3 is 5.97 Å². The molecule has 1 N–H and O–H groups in total. The second-order valence-corrected chi connectivity index (χ2v) is 6.11. The maximum atomic E-state index is 11.3. The lowest BCUT2D eigenvalue weighted by Gasteiger charge is -2.15. The van der Waals surface area contributed by atoms with Crippen molar-refractivity contribution in [2.75, 3.05) is 0 Å². The third-order valence-corrected chi connectivity index (χ3v) is 3.58. The van der Waals surface area contributed by atoms with Crippen LogP contribution in [0.4, 0.5) is 0 Å². The highest BCUT2D eigenvalue weighted by Crippen LogP contribution is 2.33. The van der Waals surface area contributed by atoms with Crippen molar-refractivity contribution in [3.8, 4) is 10.8 Å². The van der Waals surface area contributed by atoms with Crippen LogP contribution in [0.5, 0.6) is 0 Å². The number of carboxylic acids is 1. The zero-order valence-electron chi connectivity index (χ0n) is 10.8. The van der Waals surface area contributed by atoms with Gasteiger partial charge in [0.05, 0.1) is 5.69 Å². The summed E-state index contributed by atoms with van der Waals surface area (Å²) in [5.74, 6) is -0.240. The summed E-state index contributed by atoms with van der Waals surface area (Å²) in [6.45, 7) is 5.87. The van der Waals surface area contributed by atoms with Crippen LogP contribution in [0.1, 0.15) is 36.1 Å². The van der Waals surface area contributed by atoms with Crippen molar-refractivity contribution in [3.05, 3.63) is 23.0 Å². The van der Waals surface area contributed by atoms with E-state index in [2.05, 4.69) is 9.97 Å². The van der Waals surface area contributed by atoms with E-state index in [1.54, 1.807) is 6.20 Å². The summed E-state index contributed by atoms with van der Waals surface area (Å²) in [6, 6.07) is 0. The molecule has 0 amide bonds. The smallest absolute Gasteiger partial charge is 0.347 e. The van der Waals surface area contributed by atoms with Crippen LogP contribution in [0.25, 0.3) is 10.8 Å². The second-order valence-electron chi connectivity index (χ2n) is 5.11. The van der Waals surface area contributed by atoms with Crippen LogP contribution in [0.3, 0.4) is 0 Å². The first kappa shape index (κ1) is 12.8. The first-order valence-electron chi connectivity index (χ1n) is 5.53. The van der Waals surface area contributed by atoms with Crippen LogP contribution < -0.4 is 0 Å². The van der Waals surface area contributed by atoms with Gasteiger partial charge in [0.25, 0.3) is 0 Å². The molecule has 0 spiro atoms. The van der Waals surface area contributed by atoms with E-state index in [9.17, 15) is 9.90 Å². The lowest BCUT2D eigenvalue weighted by molar-refractivity contribution is 0.0699. The van der Waals surface area contributed by atoms with Gasteiger partial charge in [-0.2, -0.15) is 0 Å². The zero-order chi connectivity index (χ0) is 13.5. The Bertz CT molecular complexity index is 593. The lowest BCUT2D eigenvalue weighted by Crippen LogP contribution is -2.16. The van der Waals surface area contributed by atoms with Crippen molar-refractivity contribution >= 4 is 17.3 Å². The van der Waals surface area contributed by atoms with Crippen LogP contribution in [0.15, 0.2) is 12.4 Å². The van der Waals surface area contributed by atoms with Gasteiger partial charge in [-0.3, -0.25) is 0 Å². The van der Waals surface area contributed by atoms with Gasteiger partial charge in [-0.15, -0.1) is 11.3 Å². The predicted molar refractivity (Wildman–Crippen MR) is 70.0 cm³/mol. The third-order valence-electron chi connectivity index (χ3n) is 2.54. The first-order valence-corrected chi connectivity index (χ1v) is 6.34. The van der Waals surface area contributed by atoms with E-state index >= 15 is 0 Å². The van der Waals surface area contributed by atoms with Crippen LogP contribution >= 0.6 is 11.3 Å². The van der Waals surface area contributed by atoms with Gasteiger partial charge in [-0.1, -0.05) is 20.8 Å². The molecule has 96 valence electrons. The van der Waals surface area contributed by atoms with E-state index in [1.165, 1.54) is 11.3 Å². The number of rotatable bonds is 2. The second kappa shape index (κ2) is 4.20. The summed E-state index contributed by atoms with van der Waals surface area (Å²) in [4.78, 5) is 20.2. The van der Waals surface area contributed by atoms with Gasteiger partial charge in [0.1, 0.15) is 4.88 Å².